The molecule has 0 spiro atoms. The third-order valence-electron chi connectivity index (χ3n) is 6.61. The zero-order valence-electron chi connectivity index (χ0n) is 20.0. The highest BCUT2D eigenvalue weighted by molar-refractivity contribution is 6.40. The van der Waals surface area contributed by atoms with E-state index in [1.54, 1.807) is 24.3 Å². The standard InChI is InChI=1S/C27H35N3O3/c1-18-9-5-6-10-19(18)17-28-24(31)22-11-7-8-12-23(22)30-26(33)25(32)29-21-15-13-20(14-16-21)27(2,3)4/h5-12,20-21H,13-17H2,1-4H3,(H,28,31)(H,29,32)(H,30,33). The Morgan fingerprint density at radius 3 is 2.18 bits per heavy atom. The second kappa shape index (κ2) is 10.6. The molecule has 33 heavy (non-hydrogen) atoms. The smallest absolute Gasteiger partial charge is 0.313 e. The number of hydrogen-bond donors (Lipinski definition) is 3. The van der Waals surface area contributed by atoms with Crippen molar-refractivity contribution >= 4 is 23.4 Å². The van der Waals surface area contributed by atoms with E-state index in [0.29, 0.717) is 23.7 Å². The van der Waals surface area contributed by atoms with Crippen LogP contribution in [0.3, 0.4) is 0 Å². The molecule has 0 aliphatic heterocycles. The van der Waals surface area contributed by atoms with Crippen LogP contribution in [-0.2, 0) is 16.1 Å². The van der Waals surface area contributed by atoms with Crippen LogP contribution in [0.15, 0.2) is 48.5 Å². The molecule has 0 radical (unpaired) electrons. The lowest BCUT2D eigenvalue weighted by Crippen LogP contribution is -2.44. The molecule has 1 aliphatic rings. The van der Waals surface area contributed by atoms with Gasteiger partial charge in [0.1, 0.15) is 0 Å². The normalized spacial score (nSPS) is 18.3. The minimum absolute atomic E-state index is 0.00880. The van der Waals surface area contributed by atoms with Gasteiger partial charge in [-0.3, -0.25) is 14.4 Å². The topological polar surface area (TPSA) is 87.3 Å². The van der Waals surface area contributed by atoms with Gasteiger partial charge in [0, 0.05) is 12.6 Å². The maximum absolute atomic E-state index is 12.8. The van der Waals surface area contributed by atoms with Crippen LogP contribution >= 0.6 is 0 Å². The summed E-state index contributed by atoms with van der Waals surface area (Å²) < 4.78 is 0. The first-order chi connectivity index (χ1) is 15.6. The summed E-state index contributed by atoms with van der Waals surface area (Å²) in [4.78, 5) is 37.8. The molecule has 0 bridgehead atoms. The van der Waals surface area contributed by atoms with E-state index >= 15 is 0 Å². The molecule has 0 saturated heterocycles. The van der Waals surface area contributed by atoms with Gasteiger partial charge in [0.2, 0.25) is 0 Å². The first-order valence-electron chi connectivity index (χ1n) is 11.7. The quantitative estimate of drug-likeness (QED) is 0.584. The predicted molar refractivity (Wildman–Crippen MR) is 131 cm³/mol. The summed E-state index contributed by atoms with van der Waals surface area (Å²) in [5.41, 5.74) is 3.00. The highest BCUT2D eigenvalue weighted by Gasteiger charge is 2.31. The molecule has 2 aromatic carbocycles. The van der Waals surface area contributed by atoms with Gasteiger partial charge in [-0.25, -0.2) is 0 Å². The molecule has 0 aromatic heterocycles. The molecule has 6 nitrogen and oxygen atoms in total. The van der Waals surface area contributed by atoms with Gasteiger partial charge in [-0.2, -0.15) is 0 Å². The molecule has 176 valence electrons. The van der Waals surface area contributed by atoms with Crippen molar-refractivity contribution in [2.75, 3.05) is 5.32 Å². The molecule has 3 N–H and O–H groups in total. The average Bonchev–Trinajstić information content (AvgIpc) is 2.78. The molecule has 6 heteroatoms. The summed E-state index contributed by atoms with van der Waals surface area (Å²) in [6.07, 6.45) is 3.83. The number of aryl methyl sites for hydroxylation is 1. The Bertz CT molecular complexity index is 1000. The van der Waals surface area contributed by atoms with Crippen molar-refractivity contribution < 1.29 is 14.4 Å². The van der Waals surface area contributed by atoms with Crippen LogP contribution in [0.5, 0.6) is 0 Å². The highest BCUT2D eigenvalue weighted by atomic mass is 16.2. The van der Waals surface area contributed by atoms with Crippen molar-refractivity contribution in [3.8, 4) is 0 Å². The fourth-order valence-electron chi connectivity index (χ4n) is 4.40. The van der Waals surface area contributed by atoms with E-state index in [2.05, 4.69) is 36.7 Å². The van der Waals surface area contributed by atoms with Gasteiger partial charge < -0.3 is 16.0 Å². The maximum atomic E-state index is 12.8. The summed E-state index contributed by atoms with van der Waals surface area (Å²) in [6.45, 7) is 9.12. The number of hydrogen-bond acceptors (Lipinski definition) is 3. The monoisotopic (exact) mass is 449 g/mol. The zero-order valence-corrected chi connectivity index (χ0v) is 20.0. The first-order valence-corrected chi connectivity index (χ1v) is 11.7. The van der Waals surface area contributed by atoms with E-state index in [-0.39, 0.29) is 17.4 Å². The molecule has 2 aromatic rings. The van der Waals surface area contributed by atoms with Crippen LogP contribution in [0.4, 0.5) is 5.69 Å². The van der Waals surface area contributed by atoms with Crippen molar-refractivity contribution in [1.82, 2.24) is 10.6 Å². The molecule has 0 atom stereocenters. The summed E-state index contributed by atoms with van der Waals surface area (Å²) in [7, 11) is 0. The van der Waals surface area contributed by atoms with E-state index in [9.17, 15) is 14.4 Å². The molecule has 3 amide bonds. The third-order valence-corrected chi connectivity index (χ3v) is 6.61. The van der Waals surface area contributed by atoms with Gasteiger partial charge in [0.25, 0.3) is 5.91 Å². The lowest BCUT2D eigenvalue weighted by atomic mass is 9.71. The van der Waals surface area contributed by atoms with E-state index < -0.39 is 11.8 Å². The molecule has 0 unspecified atom stereocenters. The van der Waals surface area contributed by atoms with E-state index in [0.717, 1.165) is 36.8 Å². The van der Waals surface area contributed by atoms with Gasteiger partial charge in [-0.1, -0.05) is 57.2 Å². The average molecular weight is 450 g/mol. The number of amides is 3. The lowest BCUT2D eigenvalue weighted by Gasteiger charge is -2.37. The first kappa shape index (κ1) is 24.5. The van der Waals surface area contributed by atoms with E-state index in [4.69, 9.17) is 0 Å². The Kier molecular flexibility index (Phi) is 7.90. The van der Waals surface area contributed by atoms with Crippen molar-refractivity contribution in [1.29, 1.82) is 0 Å². The minimum Gasteiger partial charge on any atom is -0.348 e. The summed E-state index contributed by atoms with van der Waals surface area (Å²) >= 11 is 0. The maximum Gasteiger partial charge on any atom is 0.313 e. The highest BCUT2D eigenvalue weighted by Crippen LogP contribution is 2.37. The molecule has 1 aliphatic carbocycles. The van der Waals surface area contributed by atoms with Crippen LogP contribution in [0.2, 0.25) is 0 Å². The van der Waals surface area contributed by atoms with Gasteiger partial charge in [-0.05, 0) is 67.2 Å². The van der Waals surface area contributed by atoms with Crippen molar-refractivity contribution in [3.63, 3.8) is 0 Å². The van der Waals surface area contributed by atoms with Crippen molar-refractivity contribution in [3.05, 3.63) is 65.2 Å². The Labute approximate surface area is 196 Å². The van der Waals surface area contributed by atoms with Crippen molar-refractivity contribution in [2.24, 2.45) is 11.3 Å². The minimum atomic E-state index is -0.757. The Morgan fingerprint density at radius 1 is 0.879 bits per heavy atom. The predicted octanol–water partition coefficient (Wildman–Crippen LogP) is 4.58. The molecular weight excluding hydrogens is 414 g/mol. The SMILES string of the molecule is Cc1ccccc1CNC(=O)c1ccccc1NC(=O)C(=O)NC1CCC(C(C)(C)C)CC1. The number of para-hydroxylation sites is 1. The van der Waals surface area contributed by atoms with Gasteiger partial charge in [0.15, 0.2) is 0 Å². The van der Waals surface area contributed by atoms with Crippen LogP contribution in [0.1, 0.15) is 67.9 Å². The fraction of sp³-hybridized carbons (Fsp3) is 0.444. The number of benzene rings is 2. The molecule has 1 fully saturated rings. The largest absolute Gasteiger partial charge is 0.348 e. The Hall–Kier alpha value is -3.15. The van der Waals surface area contributed by atoms with Gasteiger partial charge in [-0.15, -0.1) is 0 Å². The van der Waals surface area contributed by atoms with E-state index in [1.165, 1.54) is 0 Å². The number of carbonyl (C=O) groups is 3. The Morgan fingerprint density at radius 2 is 1.52 bits per heavy atom. The molecule has 0 heterocycles. The molecule has 1 saturated carbocycles. The lowest BCUT2D eigenvalue weighted by molar-refractivity contribution is -0.136. The molecule has 3 rings (SSSR count). The Balaban J connectivity index is 1.56. The van der Waals surface area contributed by atoms with Crippen LogP contribution < -0.4 is 16.0 Å². The third kappa shape index (κ3) is 6.67. The second-order valence-electron chi connectivity index (χ2n) is 10.00. The number of carbonyl (C=O) groups excluding carboxylic acids is 3. The number of rotatable bonds is 5. The second-order valence-corrected chi connectivity index (χ2v) is 10.00. The summed E-state index contributed by atoms with van der Waals surface area (Å²) in [5, 5.41) is 8.36. The number of nitrogens with one attached hydrogen (secondary N) is 3. The fourth-order valence-corrected chi connectivity index (χ4v) is 4.40. The van der Waals surface area contributed by atoms with Gasteiger partial charge in [0.05, 0.1) is 11.3 Å². The zero-order chi connectivity index (χ0) is 24.0. The van der Waals surface area contributed by atoms with Crippen LogP contribution in [0, 0.1) is 18.3 Å². The molecular formula is C27H35N3O3. The summed E-state index contributed by atoms with van der Waals surface area (Å²) in [6, 6.07) is 14.5. The van der Waals surface area contributed by atoms with E-state index in [1.807, 2.05) is 31.2 Å². The van der Waals surface area contributed by atoms with Gasteiger partial charge >= 0.3 is 11.8 Å². The summed E-state index contributed by atoms with van der Waals surface area (Å²) in [5.74, 6) is -1.10. The number of anilines is 1. The van der Waals surface area contributed by atoms with Crippen LogP contribution in [-0.4, -0.2) is 23.8 Å². The van der Waals surface area contributed by atoms with Crippen molar-refractivity contribution in [2.45, 2.75) is 66.0 Å². The van der Waals surface area contributed by atoms with Crippen LogP contribution in [0.25, 0.3) is 0 Å².